The number of benzene rings is 2. The molecule has 3 rings (SSSR count). The number of nitrogens with zero attached hydrogens (tertiary/aromatic N) is 1. The second-order valence-corrected chi connectivity index (χ2v) is 7.67. The van der Waals surface area contributed by atoms with Crippen molar-refractivity contribution in [1.82, 2.24) is 4.98 Å². The highest BCUT2D eigenvalue weighted by atomic mass is 35.5. The van der Waals surface area contributed by atoms with E-state index in [1.165, 1.54) is 11.3 Å². The number of carbonyl (C=O) groups excluding carboxylic acids is 1. The predicted molar refractivity (Wildman–Crippen MR) is 107 cm³/mol. The van der Waals surface area contributed by atoms with Gasteiger partial charge in [0.15, 0.2) is 5.01 Å². The Kier molecular flexibility index (Phi) is 5.41. The summed E-state index contributed by atoms with van der Waals surface area (Å²) >= 11 is 7.59. The van der Waals surface area contributed by atoms with Crippen LogP contribution in [0.2, 0.25) is 5.02 Å². The molecule has 0 saturated heterocycles. The van der Waals surface area contributed by atoms with Crippen LogP contribution in [0.15, 0.2) is 36.5 Å². The van der Waals surface area contributed by atoms with Gasteiger partial charge >= 0.3 is 0 Å². The van der Waals surface area contributed by atoms with Crippen LogP contribution in [-0.2, 0) is 6.61 Å². The fraction of sp³-hybridized carbons (Fsp3) is 0.200. The number of aryl methyl sites for hydroxylation is 3. The molecule has 0 fully saturated rings. The molecule has 6 heteroatoms. The predicted octanol–water partition coefficient (Wildman–Crippen LogP) is 5.13. The first-order chi connectivity index (χ1) is 12.4. The van der Waals surface area contributed by atoms with E-state index in [2.05, 4.69) is 10.3 Å². The first-order valence-electron chi connectivity index (χ1n) is 8.13. The maximum Gasteiger partial charge on any atom is 0.284 e. The quantitative estimate of drug-likeness (QED) is 0.653. The standard InChI is InChI=1S/C20H19ClN2O2S/c1-11-4-5-16(21)15(6-11)17-9-22-20(26-17)19(25)23-18-12(2)7-14(10-24)8-13(18)3/h4-9,24H,10H2,1-3H3,(H,23,25). The number of amides is 1. The minimum atomic E-state index is -0.257. The van der Waals surface area contributed by atoms with Gasteiger partial charge in [0.25, 0.3) is 5.91 Å². The first kappa shape index (κ1) is 18.6. The molecular formula is C20H19ClN2O2S. The van der Waals surface area contributed by atoms with E-state index in [1.54, 1.807) is 6.20 Å². The van der Waals surface area contributed by atoms with E-state index in [0.29, 0.717) is 10.0 Å². The minimum Gasteiger partial charge on any atom is -0.392 e. The molecule has 0 saturated carbocycles. The van der Waals surface area contributed by atoms with Crippen LogP contribution in [0, 0.1) is 20.8 Å². The molecule has 4 nitrogen and oxygen atoms in total. The van der Waals surface area contributed by atoms with E-state index >= 15 is 0 Å². The summed E-state index contributed by atoms with van der Waals surface area (Å²) in [6, 6.07) is 9.51. The Labute approximate surface area is 161 Å². The molecule has 3 aromatic rings. The molecule has 0 aliphatic carbocycles. The number of thiazole rings is 1. The topological polar surface area (TPSA) is 62.2 Å². The summed E-state index contributed by atoms with van der Waals surface area (Å²) in [6.45, 7) is 5.78. The number of aliphatic hydroxyl groups excluding tert-OH is 1. The average Bonchev–Trinajstić information content (AvgIpc) is 3.09. The maximum absolute atomic E-state index is 12.6. The molecule has 0 aliphatic heterocycles. The first-order valence-corrected chi connectivity index (χ1v) is 9.33. The summed E-state index contributed by atoms with van der Waals surface area (Å²) in [5.41, 5.74) is 5.35. The van der Waals surface area contributed by atoms with Gasteiger partial charge < -0.3 is 10.4 Å². The molecule has 2 aromatic carbocycles. The summed E-state index contributed by atoms with van der Waals surface area (Å²) in [5.74, 6) is -0.257. The van der Waals surface area contributed by atoms with Crippen molar-refractivity contribution in [3.8, 4) is 10.4 Å². The third kappa shape index (κ3) is 3.80. The van der Waals surface area contributed by atoms with Crippen molar-refractivity contribution >= 4 is 34.5 Å². The van der Waals surface area contributed by atoms with Crippen molar-refractivity contribution in [2.45, 2.75) is 27.4 Å². The van der Waals surface area contributed by atoms with E-state index in [0.717, 1.165) is 38.4 Å². The van der Waals surface area contributed by atoms with Crippen molar-refractivity contribution in [2.75, 3.05) is 5.32 Å². The number of aliphatic hydroxyl groups is 1. The van der Waals surface area contributed by atoms with Gasteiger partial charge in [-0.2, -0.15) is 0 Å². The Morgan fingerprint density at radius 3 is 2.54 bits per heavy atom. The van der Waals surface area contributed by atoms with Gasteiger partial charge in [-0.15, -0.1) is 11.3 Å². The van der Waals surface area contributed by atoms with Crippen LogP contribution < -0.4 is 5.32 Å². The molecule has 0 atom stereocenters. The Balaban J connectivity index is 1.86. The van der Waals surface area contributed by atoms with E-state index < -0.39 is 0 Å². The SMILES string of the molecule is Cc1ccc(Cl)c(-c2cnc(C(=O)Nc3c(C)cc(CO)cc3C)s2)c1. The molecular weight excluding hydrogens is 368 g/mol. The lowest BCUT2D eigenvalue weighted by molar-refractivity contribution is 0.102. The molecule has 0 unspecified atom stereocenters. The second-order valence-electron chi connectivity index (χ2n) is 6.23. The number of carbonyl (C=O) groups is 1. The van der Waals surface area contributed by atoms with Crippen LogP contribution in [0.4, 0.5) is 5.69 Å². The van der Waals surface area contributed by atoms with E-state index in [9.17, 15) is 9.90 Å². The minimum absolute atomic E-state index is 0.0248. The highest BCUT2D eigenvalue weighted by molar-refractivity contribution is 7.17. The lowest BCUT2D eigenvalue weighted by Gasteiger charge is -2.12. The lowest BCUT2D eigenvalue weighted by atomic mass is 10.0. The lowest BCUT2D eigenvalue weighted by Crippen LogP contribution is -2.13. The van der Waals surface area contributed by atoms with Gasteiger partial charge in [-0.3, -0.25) is 4.79 Å². The number of hydrogen-bond donors (Lipinski definition) is 2. The van der Waals surface area contributed by atoms with Crippen molar-refractivity contribution in [3.05, 3.63) is 68.8 Å². The Morgan fingerprint density at radius 2 is 1.88 bits per heavy atom. The maximum atomic E-state index is 12.6. The normalized spacial score (nSPS) is 10.8. The van der Waals surface area contributed by atoms with Crippen LogP contribution in [0.5, 0.6) is 0 Å². The zero-order valence-corrected chi connectivity index (χ0v) is 16.3. The van der Waals surface area contributed by atoms with Gasteiger partial charge in [0.1, 0.15) is 0 Å². The summed E-state index contributed by atoms with van der Waals surface area (Å²) in [4.78, 5) is 17.7. The molecule has 2 N–H and O–H groups in total. The Bertz CT molecular complexity index is 959. The zero-order valence-electron chi connectivity index (χ0n) is 14.8. The highest BCUT2D eigenvalue weighted by Crippen LogP contribution is 2.33. The summed E-state index contributed by atoms with van der Waals surface area (Å²) in [6.07, 6.45) is 1.68. The Morgan fingerprint density at radius 1 is 1.19 bits per heavy atom. The Hall–Kier alpha value is -2.21. The van der Waals surface area contributed by atoms with Crippen LogP contribution in [-0.4, -0.2) is 16.0 Å². The van der Waals surface area contributed by atoms with Crippen LogP contribution in [0.3, 0.4) is 0 Å². The monoisotopic (exact) mass is 386 g/mol. The third-order valence-electron chi connectivity index (χ3n) is 4.10. The third-order valence-corrected chi connectivity index (χ3v) is 5.46. The number of halogens is 1. The molecule has 0 aliphatic rings. The van der Waals surface area contributed by atoms with Gasteiger partial charge in [-0.05, 0) is 49.6 Å². The fourth-order valence-electron chi connectivity index (χ4n) is 2.84. The summed E-state index contributed by atoms with van der Waals surface area (Å²) in [7, 11) is 0. The van der Waals surface area contributed by atoms with Crippen molar-refractivity contribution < 1.29 is 9.90 Å². The highest BCUT2D eigenvalue weighted by Gasteiger charge is 2.16. The summed E-state index contributed by atoms with van der Waals surface area (Å²) in [5, 5.41) is 13.2. The molecule has 0 radical (unpaired) electrons. The average molecular weight is 387 g/mol. The van der Waals surface area contributed by atoms with E-state index in [-0.39, 0.29) is 12.5 Å². The van der Waals surface area contributed by atoms with Gasteiger partial charge in [0.2, 0.25) is 0 Å². The van der Waals surface area contributed by atoms with E-state index in [1.807, 2.05) is 51.1 Å². The van der Waals surface area contributed by atoms with Gasteiger partial charge in [0, 0.05) is 22.5 Å². The van der Waals surface area contributed by atoms with Crippen molar-refractivity contribution in [2.24, 2.45) is 0 Å². The van der Waals surface area contributed by atoms with Gasteiger partial charge in [0.05, 0.1) is 11.5 Å². The zero-order chi connectivity index (χ0) is 18.8. The van der Waals surface area contributed by atoms with Gasteiger partial charge in [-0.1, -0.05) is 35.4 Å². The fourth-order valence-corrected chi connectivity index (χ4v) is 3.96. The molecule has 1 heterocycles. The second kappa shape index (κ2) is 7.58. The van der Waals surface area contributed by atoms with Crippen LogP contribution >= 0.6 is 22.9 Å². The molecule has 1 aromatic heterocycles. The summed E-state index contributed by atoms with van der Waals surface area (Å²) < 4.78 is 0. The molecule has 0 bridgehead atoms. The molecule has 134 valence electrons. The molecule has 26 heavy (non-hydrogen) atoms. The molecule has 0 spiro atoms. The molecule has 1 amide bonds. The number of aromatic nitrogens is 1. The number of nitrogens with one attached hydrogen (secondary N) is 1. The largest absolute Gasteiger partial charge is 0.392 e. The van der Waals surface area contributed by atoms with Gasteiger partial charge in [-0.25, -0.2) is 4.98 Å². The number of hydrogen-bond acceptors (Lipinski definition) is 4. The van der Waals surface area contributed by atoms with Crippen LogP contribution in [0.1, 0.15) is 32.1 Å². The number of rotatable bonds is 4. The van der Waals surface area contributed by atoms with Crippen molar-refractivity contribution in [3.63, 3.8) is 0 Å². The number of anilines is 1. The smallest absolute Gasteiger partial charge is 0.284 e. The van der Waals surface area contributed by atoms with Crippen molar-refractivity contribution in [1.29, 1.82) is 0 Å². The van der Waals surface area contributed by atoms with E-state index in [4.69, 9.17) is 11.6 Å². The van der Waals surface area contributed by atoms with Crippen LogP contribution in [0.25, 0.3) is 10.4 Å².